The predicted octanol–water partition coefficient (Wildman–Crippen LogP) is 3.91. The van der Waals surface area contributed by atoms with Gasteiger partial charge in [0.25, 0.3) is 5.91 Å². The molecule has 3 aromatic rings. The van der Waals surface area contributed by atoms with Crippen LogP contribution in [0.25, 0.3) is 0 Å². The molecule has 6 nitrogen and oxygen atoms in total. The van der Waals surface area contributed by atoms with Crippen LogP contribution in [0, 0.1) is 0 Å². The quantitative estimate of drug-likeness (QED) is 0.707. The third-order valence-corrected chi connectivity index (χ3v) is 4.67. The molecular formula is C22H23N3O3. The van der Waals surface area contributed by atoms with Crippen molar-refractivity contribution < 1.29 is 14.3 Å². The van der Waals surface area contributed by atoms with Crippen LogP contribution in [0.5, 0.6) is 11.5 Å². The van der Waals surface area contributed by atoms with E-state index < -0.39 is 0 Å². The molecule has 0 saturated carbocycles. The zero-order valence-corrected chi connectivity index (χ0v) is 16.0. The number of rotatable bonds is 6. The van der Waals surface area contributed by atoms with Crippen molar-refractivity contribution in [3.05, 3.63) is 71.5 Å². The maximum absolute atomic E-state index is 12.7. The topological polar surface area (TPSA) is 65.4 Å². The van der Waals surface area contributed by atoms with Gasteiger partial charge in [-0.1, -0.05) is 12.1 Å². The Hall–Kier alpha value is -3.28. The second kappa shape index (κ2) is 7.76. The lowest BCUT2D eigenvalue weighted by molar-refractivity contribution is 0.102. The Morgan fingerprint density at radius 1 is 1.32 bits per heavy atom. The Kier molecular flexibility index (Phi) is 5.02. The summed E-state index contributed by atoms with van der Waals surface area (Å²) in [5, 5.41) is 7.16. The summed E-state index contributed by atoms with van der Waals surface area (Å²) in [4.78, 5) is 12.7. The SMILES string of the molecule is CCOc1cc2c(cc1NC(=O)c1ccc(Cn3cccn3)cc1)OC(C)C2. The molecule has 1 unspecified atom stereocenters. The highest BCUT2D eigenvalue weighted by molar-refractivity contribution is 6.05. The predicted molar refractivity (Wildman–Crippen MR) is 107 cm³/mol. The normalized spacial score (nSPS) is 15.0. The molecule has 0 radical (unpaired) electrons. The van der Waals surface area contributed by atoms with Gasteiger partial charge in [-0.05, 0) is 43.7 Å². The number of aromatic nitrogens is 2. The lowest BCUT2D eigenvalue weighted by Gasteiger charge is -2.14. The highest BCUT2D eigenvalue weighted by Crippen LogP contribution is 2.38. The Bertz CT molecular complexity index is 965. The molecule has 0 fully saturated rings. The van der Waals surface area contributed by atoms with Gasteiger partial charge in [0.2, 0.25) is 0 Å². The number of hydrogen-bond donors (Lipinski definition) is 1. The summed E-state index contributed by atoms with van der Waals surface area (Å²) >= 11 is 0. The first-order valence-corrected chi connectivity index (χ1v) is 9.46. The number of nitrogens with zero attached hydrogens (tertiary/aromatic N) is 2. The zero-order valence-electron chi connectivity index (χ0n) is 16.0. The minimum Gasteiger partial charge on any atom is -0.492 e. The molecule has 2 aromatic carbocycles. The first kappa shape index (κ1) is 18.1. The number of fused-ring (bicyclic) bond motifs is 1. The molecule has 0 saturated heterocycles. The smallest absolute Gasteiger partial charge is 0.255 e. The summed E-state index contributed by atoms with van der Waals surface area (Å²) in [6, 6.07) is 13.2. The van der Waals surface area contributed by atoms with E-state index in [1.54, 1.807) is 6.20 Å². The van der Waals surface area contributed by atoms with Crippen LogP contribution < -0.4 is 14.8 Å². The summed E-state index contributed by atoms with van der Waals surface area (Å²) in [5.41, 5.74) is 3.40. The van der Waals surface area contributed by atoms with Crippen molar-refractivity contribution >= 4 is 11.6 Å². The Morgan fingerprint density at radius 3 is 2.86 bits per heavy atom. The van der Waals surface area contributed by atoms with E-state index in [4.69, 9.17) is 9.47 Å². The average molecular weight is 377 g/mol. The first-order valence-electron chi connectivity index (χ1n) is 9.46. The molecule has 1 aliphatic rings. The van der Waals surface area contributed by atoms with Crippen molar-refractivity contribution in [1.29, 1.82) is 0 Å². The second-order valence-electron chi connectivity index (χ2n) is 6.88. The molecule has 1 aromatic heterocycles. The molecule has 28 heavy (non-hydrogen) atoms. The maximum atomic E-state index is 12.7. The van der Waals surface area contributed by atoms with Gasteiger partial charge < -0.3 is 14.8 Å². The van der Waals surface area contributed by atoms with Gasteiger partial charge in [-0.3, -0.25) is 9.48 Å². The summed E-state index contributed by atoms with van der Waals surface area (Å²) in [6.07, 6.45) is 4.64. The molecule has 0 spiro atoms. The van der Waals surface area contributed by atoms with E-state index in [9.17, 15) is 4.79 Å². The number of nitrogens with one attached hydrogen (secondary N) is 1. The first-order chi connectivity index (χ1) is 13.6. The molecule has 4 rings (SSSR count). The molecule has 1 N–H and O–H groups in total. The molecule has 0 aliphatic carbocycles. The molecule has 0 bridgehead atoms. The highest BCUT2D eigenvalue weighted by atomic mass is 16.5. The van der Waals surface area contributed by atoms with Crippen LogP contribution in [0.4, 0.5) is 5.69 Å². The van der Waals surface area contributed by atoms with Crippen molar-refractivity contribution in [1.82, 2.24) is 9.78 Å². The Labute approximate surface area is 164 Å². The molecule has 1 amide bonds. The van der Waals surface area contributed by atoms with E-state index in [0.717, 1.165) is 23.3 Å². The van der Waals surface area contributed by atoms with Gasteiger partial charge in [0.1, 0.15) is 17.6 Å². The van der Waals surface area contributed by atoms with Crippen molar-refractivity contribution in [3.63, 3.8) is 0 Å². The van der Waals surface area contributed by atoms with Crippen molar-refractivity contribution in [2.45, 2.75) is 32.9 Å². The van der Waals surface area contributed by atoms with Crippen molar-refractivity contribution in [2.75, 3.05) is 11.9 Å². The molecule has 6 heteroatoms. The van der Waals surface area contributed by atoms with E-state index in [1.165, 1.54) is 0 Å². The number of ether oxygens (including phenoxy) is 2. The monoisotopic (exact) mass is 377 g/mol. The van der Waals surface area contributed by atoms with Crippen LogP contribution in [0.1, 0.15) is 35.3 Å². The summed E-state index contributed by atoms with van der Waals surface area (Å²) in [6.45, 7) is 5.16. The number of benzene rings is 2. The number of anilines is 1. The third-order valence-electron chi connectivity index (χ3n) is 4.67. The van der Waals surface area contributed by atoms with Crippen molar-refractivity contribution in [2.24, 2.45) is 0 Å². The van der Waals surface area contributed by atoms with Gasteiger partial charge in [-0.2, -0.15) is 5.10 Å². The third kappa shape index (κ3) is 3.86. The van der Waals surface area contributed by atoms with Crippen LogP contribution >= 0.6 is 0 Å². The van der Waals surface area contributed by atoms with E-state index in [-0.39, 0.29) is 12.0 Å². The number of carbonyl (C=O) groups is 1. The van der Waals surface area contributed by atoms with Crippen LogP contribution in [0.2, 0.25) is 0 Å². The van der Waals surface area contributed by atoms with E-state index in [2.05, 4.69) is 10.4 Å². The van der Waals surface area contributed by atoms with E-state index in [1.807, 2.05) is 67.2 Å². The lowest BCUT2D eigenvalue weighted by Crippen LogP contribution is -2.13. The van der Waals surface area contributed by atoms with Gasteiger partial charge in [0.05, 0.1) is 18.8 Å². The summed E-state index contributed by atoms with van der Waals surface area (Å²) < 4.78 is 13.4. The average Bonchev–Trinajstić information content (AvgIpc) is 3.31. The van der Waals surface area contributed by atoms with Crippen LogP contribution in [0.3, 0.4) is 0 Å². The van der Waals surface area contributed by atoms with Crippen molar-refractivity contribution in [3.8, 4) is 11.5 Å². The number of amides is 1. The standard InChI is InChI=1S/C22H23N3O3/c1-3-27-21-12-18-11-15(2)28-20(18)13-19(21)24-22(26)17-7-5-16(6-8-17)14-25-10-4-9-23-25/h4-10,12-13,15H,3,11,14H2,1-2H3,(H,24,26). The number of hydrogen-bond acceptors (Lipinski definition) is 4. The fraction of sp³-hybridized carbons (Fsp3) is 0.273. The molecule has 144 valence electrons. The van der Waals surface area contributed by atoms with Gasteiger partial charge in [0, 0.05) is 36.0 Å². The van der Waals surface area contributed by atoms with Gasteiger partial charge in [-0.25, -0.2) is 0 Å². The van der Waals surface area contributed by atoms with Crippen LogP contribution in [-0.2, 0) is 13.0 Å². The van der Waals surface area contributed by atoms with Gasteiger partial charge in [-0.15, -0.1) is 0 Å². The minimum atomic E-state index is -0.183. The largest absolute Gasteiger partial charge is 0.492 e. The fourth-order valence-electron chi connectivity index (χ4n) is 3.35. The highest BCUT2D eigenvalue weighted by Gasteiger charge is 2.22. The minimum absolute atomic E-state index is 0.137. The van der Waals surface area contributed by atoms with E-state index >= 15 is 0 Å². The molecular weight excluding hydrogens is 354 g/mol. The van der Waals surface area contributed by atoms with Crippen LogP contribution in [0.15, 0.2) is 54.9 Å². The van der Waals surface area contributed by atoms with Crippen LogP contribution in [-0.4, -0.2) is 28.4 Å². The van der Waals surface area contributed by atoms with Gasteiger partial charge in [0.15, 0.2) is 0 Å². The second-order valence-corrected chi connectivity index (χ2v) is 6.88. The molecule has 1 aliphatic heterocycles. The molecule has 2 heterocycles. The summed E-state index contributed by atoms with van der Waals surface area (Å²) in [5.74, 6) is 1.29. The molecule has 1 atom stereocenters. The Morgan fingerprint density at radius 2 is 2.14 bits per heavy atom. The Balaban J connectivity index is 1.51. The summed E-state index contributed by atoms with van der Waals surface area (Å²) in [7, 11) is 0. The zero-order chi connectivity index (χ0) is 19.5. The number of carbonyl (C=O) groups excluding carboxylic acids is 1. The van der Waals surface area contributed by atoms with Gasteiger partial charge >= 0.3 is 0 Å². The fourth-order valence-corrected chi connectivity index (χ4v) is 3.35. The maximum Gasteiger partial charge on any atom is 0.255 e. The lowest BCUT2D eigenvalue weighted by atomic mass is 10.1. The van der Waals surface area contributed by atoms with E-state index in [0.29, 0.717) is 30.2 Å².